The third-order valence-corrected chi connectivity index (χ3v) is 16.1. The number of rotatable bonds is 11. The molecule has 0 radical (unpaired) electrons. The van der Waals surface area contributed by atoms with Crippen LogP contribution < -0.4 is 4.90 Å². The smallest absolute Gasteiger partial charge is 0.0462 e. The van der Waals surface area contributed by atoms with Gasteiger partial charge in [0, 0.05) is 17.1 Å². The summed E-state index contributed by atoms with van der Waals surface area (Å²) < 4.78 is 0. The number of benzene rings is 14. The Morgan fingerprint density at radius 3 is 0.713 bits per heavy atom. The van der Waals surface area contributed by atoms with Crippen LogP contribution in [0.25, 0.3) is 133 Å². The van der Waals surface area contributed by atoms with E-state index in [4.69, 9.17) is 0 Å². The SMILES string of the molecule is C=Cc1c(/C=C\C)c(-c2ccccc2)c2ccccc2c1-c1ccc(N(c2ccc(-c3c4ccccc4c(-c4ccccc4)c4ccccc34)cc2)c2ccc(-c3c4ccccc4c(-c4ccccc4)c4ccccc34)cc2)cc1. The second-order valence-electron chi connectivity index (χ2n) is 20.6. The van der Waals surface area contributed by atoms with E-state index in [0.29, 0.717) is 0 Å². The van der Waals surface area contributed by atoms with Gasteiger partial charge < -0.3 is 4.90 Å². The molecule has 0 bridgehead atoms. The van der Waals surface area contributed by atoms with Crippen LogP contribution in [0.2, 0.25) is 0 Å². The van der Waals surface area contributed by atoms with Gasteiger partial charge in [-0.2, -0.15) is 0 Å². The van der Waals surface area contributed by atoms with Gasteiger partial charge in [0.25, 0.3) is 0 Å². The van der Waals surface area contributed by atoms with Gasteiger partial charge in [-0.25, -0.2) is 0 Å². The largest absolute Gasteiger partial charge is 0.311 e. The molecule has 14 rings (SSSR count). The van der Waals surface area contributed by atoms with Gasteiger partial charge in [0.15, 0.2) is 0 Å². The Bertz CT molecular complexity index is 4350. The molecule has 0 amide bonds. The highest BCUT2D eigenvalue weighted by Crippen LogP contribution is 2.49. The van der Waals surface area contributed by atoms with E-state index in [2.05, 4.69) is 316 Å². The molecule has 0 saturated heterocycles. The number of nitrogens with zero attached hydrogens (tertiary/aromatic N) is 1. The lowest BCUT2D eigenvalue weighted by Crippen LogP contribution is -2.10. The van der Waals surface area contributed by atoms with Crippen LogP contribution in [0.15, 0.2) is 298 Å². The monoisotopic (exact) mass is 1020 g/mol. The highest BCUT2D eigenvalue weighted by molar-refractivity contribution is 6.23. The number of hydrogen-bond donors (Lipinski definition) is 0. The number of allylic oxidation sites excluding steroid dienone is 1. The molecule has 0 aliphatic rings. The molecule has 0 aliphatic heterocycles. The van der Waals surface area contributed by atoms with Crippen LogP contribution in [0.1, 0.15) is 18.1 Å². The van der Waals surface area contributed by atoms with Crippen molar-refractivity contribution < 1.29 is 0 Å². The van der Waals surface area contributed by atoms with Crippen molar-refractivity contribution in [3.63, 3.8) is 0 Å². The zero-order valence-corrected chi connectivity index (χ0v) is 44.5. The maximum atomic E-state index is 4.45. The molecule has 0 unspecified atom stereocenters. The van der Waals surface area contributed by atoms with Crippen molar-refractivity contribution in [1.82, 2.24) is 0 Å². The van der Waals surface area contributed by atoms with Crippen LogP contribution in [-0.2, 0) is 0 Å². The third kappa shape index (κ3) is 8.18. The topological polar surface area (TPSA) is 3.24 Å². The molecular formula is C79H55N. The summed E-state index contributed by atoms with van der Waals surface area (Å²) in [6.07, 6.45) is 6.42. The molecule has 80 heavy (non-hydrogen) atoms. The van der Waals surface area contributed by atoms with Crippen molar-refractivity contribution >= 4 is 83.1 Å². The van der Waals surface area contributed by atoms with E-state index in [1.807, 2.05) is 6.08 Å². The molecule has 0 aliphatic carbocycles. The van der Waals surface area contributed by atoms with E-state index in [9.17, 15) is 0 Å². The van der Waals surface area contributed by atoms with Gasteiger partial charge in [0.2, 0.25) is 0 Å². The molecule has 14 aromatic carbocycles. The second kappa shape index (κ2) is 20.6. The number of hydrogen-bond acceptors (Lipinski definition) is 1. The van der Waals surface area contributed by atoms with E-state index < -0.39 is 0 Å². The average molecular weight is 1020 g/mol. The summed E-state index contributed by atoms with van der Waals surface area (Å²) in [6.45, 7) is 6.54. The number of fused-ring (bicyclic) bond motifs is 5. The lowest BCUT2D eigenvalue weighted by molar-refractivity contribution is 1.28. The van der Waals surface area contributed by atoms with Gasteiger partial charge in [0.1, 0.15) is 0 Å². The molecule has 14 aromatic rings. The quantitative estimate of drug-likeness (QED) is 0.117. The lowest BCUT2D eigenvalue weighted by Gasteiger charge is -2.27. The predicted octanol–water partition coefficient (Wildman–Crippen LogP) is 22.6. The van der Waals surface area contributed by atoms with Crippen molar-refractivity contribution in [2.75, 3.05) is 4.90 Å². The predicted molar refractivity (Wildman–Crippen MR) is 346 cm³/mol. The number of anilines is 3. The van der Waals surface area contributed by atoms with E-state index in [1.165, 1.54) is 121 Å². The molecule has 0 N–H and O–H groups in total. The molecule has 376 valence electrons. The normalized spacial score (nSPS) is 11.6. The molecule has 0 aromatic heterocycles. The summed E-state index contributed by atoms with van der Waals surface area (Å²) in [7, 11) is 0. The van der Waals surface area contributed by atoms with Crippen LogP contribution in [-0.4, -0.2) is 0 Å². The van der Waals surface area contributed by atoms with Crippen LogP contribution >= 0.6 is 0 Å². The molecule has 1 nitrogen and oxygen atoms in total. The van der Waals surface area contributed by atoms with E-state index in [0.717, 1.165) is 28.2 Å². The maximum Gasteiger partial charge on any atom is 0.0462 e. The fraction of sp³-hybridized carbons (Fsp3) is 0.0127. The van der Waals surface area contributed by atoms with Crippen LogP contribution in [0.5, 0.6) is 0 Å². The summed E-state index contributed by atoms with van der Waals surface area (Å²) >= 11 is 0. The summed E-state index contributed by atoms with van der Waals surface area (Å²) in [5.74, 6) is 0. The first-order valence-electron chi connectivity index (χ1n) is 27.7. The summed E-state index contributed by atoms with van der Waals surface area (Å²) in [5.41, 5.74) is 19.9. The van der Waals surface area contributed by atoms with Crippen molar-refractivity contribution in [3.8, 4) is 66.8 Å². The van der Waals surface area contributed by atoms with Gasteiger partial charge in [-0.05, 0) is 175 Å². The highest BCUT2D eigenvalue weighted by atomic mass is 15.1. The minimum absolute atomic E-state index is 1.06. The first-order chi connectivity index (χ1) is 39.7. The van der Waals surface area contributed by atoms with Gasteiger partial charge in [-0.3, -0.25) is 0 Å². The van der Waals surface area contributed by atoms with E-state index in [-0.39, 0.29) is 0 Å². The highest BCUT2D eigenvalue weighted by Gasteiger charge is 2.23. The lowest BCUT2D eigenvalue weighted by atomic mass is 9.83. The Morgan fingerprint density at radius 1 is 0.237 bits per heavy atom. The summed E-state index contributed by atoms with van der Waals surface area (Å²) in [4.78, 5) is 2.40. The van der Waals surface area contributed by atoms with Crippen molar-refractivity contribution in [2.24, 2.45) is 0 Å². The van der Waals surface area contributed by atoms with Gasteiger partial charge in [-0.1, -0.05) is 274 Å². The fourth-order valence-electron chi connectivity index (χ4n) is 12.7. The standard InChI is InChI=1S/C79H55N/c1-3-24-63-62(4-2)74(64-31-14-15-32-65(64)75(63)53-25-8-5-9-26-53)56-41-47-59(48-42-56)80(60-49-43-57(44-50-60)78-70-37-20-16-33-66(70)76(54-27-10-6-11-28-54)67-34-17-21-38-71(67)78)61-51-45-58(46-52-61)79-72-39-22-18-35-68(72)77(55-29-12-7-13-30-55)69-36-19-23-40-73(69)79/h3-52H,2H2,1H3/b24-3-. The summed E-state index contributed by atoms with van der Waals surface area (Å²) in [6, 6.07) is 104. The second-order valence-corrected chi connectivity index (χ2v) is 20.6. The van der Waals surface area contributed by atoms with E-state index in [1.54, 1.807) is 0 Å². The fourth-order valence-corrected chi connectivity index (χ4v) is 12.7. The van der Waals surface area contributed by atoms with Crippen LogP contribution in [0.3, 0.4) is 0 Å². The first kappa shape index (κ1) is 48.1. The van der Waals surface area contributed by atoms with Crippen LogP contribution in [0.4, 0.5) is 17.1 Å². The zero-order chi connectivity index (χ0) is 53.5. The van der Waals surface area contributed by atoms with Crippen molar-refractivity contribution in [3.05, 3.63) is 309 Å². The minimum Gasteiger partial charge on any atom is -0.311 e. The van der Waals surface area contributed by atoms with Crippen molar-refractivity contribution in [1.29, 1.82) is 0 Å². The Labute approximate surface area is 468 Å². The third-order valence-electron chi connectivity index (χ3n) is 16.1. The zero-order valence-electron chi connectivity index (χ0n) is 44.5. The van der Waals surface area contributed by atoms with Gasteiger partial charge >= 0.3 is 0 Å². The molecule has 0 spiro atoms. The molecule has 0 saturated carbocycles. The average Bonchev–Trinajstić information content (AvgIpc) is 3.64. The van der Waals surface area contributed by atoms with Crippen molar-refractivity contribution in [2.45, 2.75) is 6.92 Å². The molecule has 0 atom stereocenters. The molecule has 0 fully saturated rings. The Morgan fingerprint density at radius 2 is 0.450 bits per heavy atom. The Hall–Kier alpha value is -10.3. The molecule has 1 heteroatoms. The molecular weight excluding hydrogens is 963 g/mol. The Balaban J connectivity index is 0.935. The van der Waals surface area contributed by atoms with E-state index >= 15 is 0 Å². The first-order valence-corrected chi connectivity index (χ1v) is 27.7. The van der Waals surface area contributed by atoms with Crippen LogP contribution in [0, 0.1) is 0 Å². The Kier molecular flexibility index (Phi) is 12.3. The minimum atomic E-state index is 1.06. The maximum absolute atomic E-state index is 4.45. The van der Waals surface area contributed by atoms with Gasteiger partial charge in [-0.15, -0.1) is 0 Å². The molecule has 0 heterocycles. The summed E-state index contributed by atoms with van der Waals surface area (Å²) in [5, 5.41) is 12.3. The van der Waals surface area contributed by atoms with Gasteiger partial charge in [0.05, 0.1) is 0 Å².